The molecule has 3 aromatic rings. The van der Waals surface area contributed by atoms with Gasteiger partial charge in [0.1, 0.15) is 23.1 Å². The summed E-state index contributed by atoms with van der Waals surface area (Å²) in [4.78, 5) is 19.7. The number of amides is 1. The number of hydrogen-bond acceptors (Lipinski definition) is 5. The van der Waals surface area contributed by atoms with E-state index in [1.807, 2.05) is 60.0 Å². The number of fused-ring (bicyclic) bond motifs is 3. The Labute approximate surface area is 180 Å². The summed E-state index contributed by atoms with van der Waals surface area (Å²) < 4.78 is 5.85. The van der Waals surface area contributed by atoms with E-state index in [-0.39, 0.29) is 11.9 Å². The minimum atomic E-state index is -0.0564. The fraction of sp³-hybridized carbons (Fsp3) is 0.333. The van der Waals surface area contributed by atoms with E-state index in [4.69, 9.17) is 4.74 Å². The Morgan fingerprint density at radius 2 is 1.87 bits per heavy atom. The third-order valence-electron chi connectivity index (χ3n) is 6.06. The molecule has 3 aliphatic rings. The van der Waals surface area contributed by atoms with Gasteiger partial charge in [-0.3, -0.25) is 4.79 Å². The Bertz CT molecular complexity index is 995. The fourth-order valence-corrected chi connectivity index (χ4v) is 5.12. The van der Waals surface area contributed by atoms with Gasteiger partial charge in [-0.2, -0.15) is 0 Å². The van der Waals surface area contributed by atoms with Crippen molar-refractivity contribution in [2.75, 3.05) is 19.6 Å². The molecule has 0 spiro atoms. The van der Waals surface area contributed by atoms with Gasteiger partial charge in [0, 0.05) is 23.5 Å². The van der Waals surface area contributed by atoms with Gasteiger partial charge in [0.25, 0.3) is 5.91 Å². The summed E-state index contributed by atoms with van der Waals surface area (Å²) in [5, 5.41) is 5.92. The number of thiazole rings is 1. The average Bonchev–Trinajstić information content (AvgIpc) is 3.30. The average molecular weight is 420 g/mol. The molecule has 1 atom stereocenters. The number of carbonyl (C=O) groups excluding carboxylic acids is 1. The Balaban J connectivity index is 1.20. The third kappa shape index (κ3) is 4.25. The topological polar surface area (TPSA) is 54.5 Å². The van der Waals surface area contributed by atoms with E-state index in [1.165, 1.54) is 37.3 Å². The lowest BCUT2D eigenvalue weighted by molar-refractivity contribution is 0.0618. The molecule has 5 nitrogen and oxygen atoms in total. The highest BCUT2D eigenvalue weighted by atomic mass is 32.1. The van der Waals surface area contributed by atoms with Crippen LogP contribution in [0.25, 0.3) is 10.6 Å². The first-order valence-electron chi connectivity index (χ1n) is 10.5. The van der Waals surface area contributed by atoms with E-state index in [1.54, 1.807) is 0 Å². The molecule has 3 aliphatic heterocycles. The molecule has 0 radical (unpaired) electrons. The summed E-state index contributed by atoms with van der Waals surface area (Å²) in [5.41, 5.74) is 2.64. The molecule has 30 heavy (non-hydrogen) atoms. The van der Waals surface area contributed by atoms with Crippen LogP contribution in [-0.2, 0) is 6.61 Å². The van der Waals surface area contributed by atoms with Gasteiger partial charge in [0.2, 0.25) is 0 Å². The van der Waals surface area contributed by atoms with E-state index in [9.17, 15) is 4.79 Å². The number of ether oxygens (including phenoxy) is 1. The molecule has 3 saturated heterocycles. The lowest BCUT2D eigenvalue weighted by Crippen LogP contribution is -2.57. The van der Waals surface area contributed by atoms with Crippen molar-refractivity contribution in [3.8, 4) is 16.3 Å². The Morgan fingerprint density at radius 3 is 2.57 bits per heavy atom. The quantitative estimate of drug-likeness (QED) is 0.650. The molecule has 154 valence electrons. The number of aromatic nitrogens is 1. The Hall–Kier alpha value is -2.70. The molecule has 4 heterocycles. The van der Waals surface area contributed by atoms with Crippen molar-refractivity contribution in [3.63, 3.8) is 0 Å². The summed E-state index contributed by atoms with van der Waals surface area (Å²) in [6, 6.07) is 18.3. The predicted molar refractivity (Wildman–Crippen MR) is 119 cm³/mol. The number of carbonyl (C=O) groups is 1. The third-order valence-corrected chi connectivity index (χ3v) is 6.95. The van der Waals surface area contributed by atoms with Crippen LogP contribution in [0.5, 0.6) is 5.75 Å². The normalized spacial score (nSPS) is 22.6. The first-order valence-corrected chi connectivity index (χ1v) is 11.4. The van der Waals surface area contributed by atoms with Crippen LogP contribution in [0.3, 0.4) is 0 Å². The number of piperidine rings is 3. The standard InChI is InChI=1S/C24H25N3O2S/c28-23(25-21-14-27-12-10-18(21)11-13-27)22-16-30-24(26-22)19-6-8-20(9-7-19)29-15-17-4-2-1-3-5-17/h1-9,16,18,21H,10-15H2,(H,25,28)/t21-/m0/s1. The lowest BCUT2D eigenvalue weighted by atomic mass is 9.84. The van der Waals surface area contributed by atoms with Gasteiger partial charge in [-0.15, -0.1) is 11.3 Å². The predicted octanol–water partition coefficient (Wildman–Crippen LogP) is 4.21. The van der Waals surface area contributed by atoms with Crippen LogP contribution < -0.4 is 10.1 Å². The summed E-state index contributed by atoms with van der Waals surface area (Å²) in [6.45, 7) is 3.85. The summed E-state index contributed by atoms with van der Waals surface area (Å²) in [5.74, 6) is 1.37. The smallest absolute Gasteiger partial charge is 0.271 e. The minimum Gasteiger partial charge on any atom is -0.489 e. The highest BCUT2D eigenvalue weighted by molar-refractivity contribution is 7.13. The van der Waals surface area contributed by atoms with E-state index in [0.29, 0.717) is 18.2 Å². The van der Waals surface area contributed by atoms with Crippen LogP contribution in [-0.4, -0.2) is 41.5 Å². The molecule has 6 heteroatoms. The van der Waals surface area contributed by atoms with Crippen LogP contribution in [0.2, 0.25) is 0 Å². The molecule has 6 rings (SSSR count). The van der Waals surface area contributed by atoms with Crippen molar-refractivity contribution >= 4 is 17.2 Å². The van der Waals surface area contributed by atoms with Crippen molar-refractivity contribution in [2.24, 2.45) is 5.92 Å². The molecular weight excluding hydrogens is 394 g/mol. The van der Waals surface area contributed by atoms with Crippen LogP contribution in [0.15, 0.2) is 60.0 Å². The van der Waals surface area contributed by atoms with E-state index in [0.717, 1.165) is 28.4 Å². The van der Waals surface area contributed by atoms with Gasteiger partial charge in [0.05, 0.1) is 0 Å². The highest BCUT2D eigenvalue weighted by Gasteiger charge is 2.35. The summed E-state index contributed by atoms with van der Waals surface area (Å²) in [6.07, 6.45) is 2.37. The molecule has 0 aliphatic carbocycles. The van der Waals surface area contributed by atoms with Crippen molar-refractivity contribution in [3.05, 3.63) is 71.2 Å². The molecule has 1 amide bonds. The molecule has 0 saturated carbocycles. The number of hydrogen-bond donors (Lipinski definition) is 1. The Morgan fingerprint density at radius 1 is 1.10 bits per heavy atom. The van der Waals surface area contributed by atoms with Gasteiger partial charge in [-0.1, -0.05) is 30.3 Å². The summed E-state index contributed by atoms with van der Waals surface area (Å²) >= 11 is 1.50. The second-order valence-electron chi connectivity index (χ2n) is 8.05. The van der Waals surface area contributed by atoms with Gasteiger partial charge in [-0.25, -0.2) is 4.98 Å². The molecular formula is C24H25N3O2S. The number of nitrogens with one attached hydrogen (secondary N) is 1. The van der Waals surface area contributed by atoms with Crippen LogP contribution in [0.1, 0.15) is 28.9 Å². The lowest BCUT2D eigenvalue weighted by Gasteiger charge is -2.44. The van der Waals surface area contributed by atoms with Gasteiger partial charge in [-0.05, 0) is 61.7 Å². The van der Waals surface area contributed by atoms with Gasteiger partial charge in [0.15, 0.2) is 0 Å². The van der Waals surface area contributed by atoms with Gasteiger partial charge >= 0.3 is 0 Å². The van der Waals surface area contributed by atoms with E-state index in [2.05, 4.69) is 15.2 Å². The number of nitrogens with zero attached hydrogens (tertiary/aromatic N) is 2. The zero-order chi connectivity index (χ0) is 20.3. The molecule has 1 aromatic heterocycles. The van der Waals surface area contributed by atoms with Crippen molar-refractivity contribution in [1.82, 2.24) is 15.2 Å². The first kappa shape index (κ1) is 19.3. The second kappa shape index (κ2) is 8.58. The maximum atomic E-state index is 12.7. The second-order valence-corrected chi connectivity index (χ2v) is 8.91. The SMILES string of the molecule is O=C(N[C@H]1CN2CCC1CC2)c1csc(-c2ccc(OCc3ccccc3)cc2)n1. The maximum Gasteiger partial charge on any atom is 0.271 e. The fourth-order valence-electron chi connectivity index (χ4n) is 4.32. The molecule has 2 bridgehead atoms. The van der Waals surface area contributed by atoms with Crippen molar-refractivity contribution in [2.45, 2.75) is 25.5 Å². The number of rotatable bonds is 6. The van der Waals surface area contributed by atoms with Crippen LogP contribution in [0.4, 0.5) is 0 Å². The zero-order valence-corrected chi connectivity index (χ0v) is 17.6. The van der Waals surface area contributed by atoms with Crippen LogP contribution in [0, 0.1) is 5.92 Å². The van der Waals surface area contributed by atoms with Crippen molar-refractivity contribution < 1.29 is 9.53 Å². The Kier molecular flexibility index (Phi) is 5.51. The highest BCUT2D eigenvalue weighted by Crippen LogP contribution is 2.29. The van der Waals surface area contributed by atoms with Crippen molar-refractivity contribution in [1.29, 1.82) is 0 Å². The largest absolute Gasteiger partial charge is 0.489 e. The first-order chi connectivity index (χ1) is 14.7. The zero-order valence-electron chi connectivity index (χ0n) is 16.8. The van der Waals surface area contributed by atoms with E-state index >= 15 is 0 Å². The molecule has 2 aromatic carbocycles. The molecule has 1 N–H and O–H groups in total. The van der Waals surface area contributed by atoms with Gasteiger partial charge < -0.3 is 15.0 Å². The summed E-state index contributed by atoms with van der Waals surface area (Å²) in [7, 11) is 0. The minimum absolute atomic E-state index is 0.0564. The van der Waals surface area contributed by atoms with Crippen LogP contribution >= 0.6 is 11.3 Å². The number of benzene rings is 2. The molecule has 3 fully saturated rings. The maximum absolute atomic E-state index is 12.7. The van der Waals surface area contributed by atoms with E-state index < -0.39 is 0 Å². The monoisotopic (exact) mass is 419 g/mol. The molecule has 0 unspecified atom stereocenters.